The van der Waals surface area contributed by atoms with Crippen LogP contribution in [0.4, 0.5) is 0 Å². The summed E-state index contributed by atoms with van der Waals surface area (Å²) in [6, 6.07) is 20.0. The van der Waals surface area contributed by atoms with Crippen LogP contribution in [0.5, 0.6) is 0 Å². The minimum atomic E-state index is 0.422. The highest BCUT2D eigenvalue weighted by molar-refractivity contribution is 5.27. The first-order valence-corrected chi connectivity index (χ1v) is 8.05. The Balaban J connectivity index is 2.14. The third kappa shape index (κ3) is 4.44. The first kappa shape index (κ1) is 15.8. The molecule has 0 saturated heterocycles. The molecule has 0 spiro atoms. The van der Waals surface area contributed by atoms with Gasteiger partial charge in [-0.25, -0.2) is 0 Å². The van der Waals surface area contributed by atoms with Crippen LogP contribution in [0.1, 0.15) is 43.0 Å². The zero-order valence-corrected chi connectivity index (χ0v) is 13.5. The quantitative estimate of drug-likeness (QED) is 0.760. The van der Waals surface area contributed by atoms with Crippen LogP contribution in [0.15, 0.2) is 54.6 Å². The standard InChI is InChI=1S/C20H27N/c1-4-14-21-20(18-11-6-5-7-12-18)17(3)15-19-13-9-8-10-16(19)2/h5-13,17,20-21H,4,14-15H2,1-3H3. The molecule has 1 N–H and O–H groups in total. The molecule has 0 aliphatic rings. The van der Waals surface area contributed by atoms with E-state index in [-0.39, 0.29) is 0 Å². The van der Waals surface area contributed by atoms with Crippen molar-refractivity contribution in [1.29, 1.82) is 0 Å². The summed E-state index contributed by atoms with van der Waals surface area (Å²) in [7, 11) is 0. The Morgan fingerprint density at radius 1 is 0.952 bits per heavy atom. The fraction of sp³-hybridized carbons (Fsp3) is 0.400. The monoisotopic (exact) mass is 281 g/mol. The third-order valence-corrected chi connectivity index (χ3v) is 4.15. The molecule has 2 atom stereocenters. The SMILES string of the molecule is CCCNC(c1ccccc1)C(C)Cc1ccccc1C. The van der Waals surface area contributed by atoms with Gasteiger partial charge in [0.2, 0.25) is 0 Å². The summed E-state index contributed by atoms with van der Waals surface area (Å²) in [6.07, 6.45) is 2.28. The maximum absolute atomic E-state index is 3.73. The molecule has 0 aliphatic heterocycles. The largest absolute Gasteiger partial charge is 0.310 e. The Labute approximate surface area is 129 Å². The highest BCUT2D eigenvalue weighted by atomic mass is 14.9. The number of benzene rings is 2. The highest BCUT2D eigenvalue weighted by Crippen LogP contribution is 2.26. The van der Waals surface area contributed by atoms with Gasteiger partial charge in [-0.15, -0.1) is 0 Å². The predicted molar refractivity (Wildman–Crippen MR) is 91.5 cm³/mol. The lowest BCUT2D eigenvalue weighted by Crippen LogP contribution is -2.29. The second kappa shape index (κ2) is 7.99. The van der Waals surface area contributed by atoms with Gasteiger partial charge in [-0.2, -0.15) is 0 Å². The zero-order valence-electron chi connectivity index (χ0n) is 13.5. The van der Waals surface area contributed by atoms with Gasteiger partial charge in [-0.05, 0) is 48.9 Å². The van der Waals surface area contributed by atoms with E-state index < -0.39 is 0 Å². The van der Waals surface area contributed by atoms with Crippen LogP contribution in [0.2, 0.25) is 0 Å². The van der Waals surface area contributed by atoms with Gasteiger partial charge in [0.05, 0.1) is 0 Å². The summed E-state index contributed by atoms with van der Waals surface area (Å²) < 4.78 is 0. The van der Waals surface area contributed by atoms with Gasteiger partial charge in [0, 0.05) is 6.04 Å². The van der Waals surface area contributed by atoms with Crippen LogP contribution in [-0.2, 0) is 6.42 Å². The lowest BCUT2D eigenvalue weighted by Gasteiger charge is -2.26. The van der Waals surface area contributed by atoms with Crippen LogP contribution < -0.4 is 5.32 Å². The van der Waals surface area contributed by atoms with Gasteiger partial charge in [0.1, 0.15) is 0 Å². The molecule has 21 heavy (non-hydrogen) atoms. The minimum absolute atomic E-state index is 0.422. The molecule has 2 aromatic rings. The summed E-state index contributed by atoms with van der Waals surface area (Å²) in [5.74, 6) is 0.569. The molecular weight excluding hydrogens is 254 g/mol. The van der Waals surface area contributed by atoms with Crippen molar-refractivity contribution < 1.29 is 0 Å². The summed E-state index contributed by atoms with van der Waals surface area (Å²) in [5.41, 5.74) is 4.25. The molecule has 112 valence electrons. The Morgan fingerprint density at radius 3 is 2.29 bits per heavy atom. The summed E-state index contributed by atoms with van der Waals surface area (Å²) in [4.78, 5) is 0. The number of hydrogen-bond acceptors (Lipinski definition) is 1. The molecule has 0 saturated carbocycles. The van der Waals surface area contributed by atoms with Gasteiger partial charge in [0.15, 0.2) is 0 Å². The molecule has 0 heterocycles. The van der Waals surface area contributed by atoms with Gasteiger partial charge in [-0.3, -0.25) is 0 Å². The van der Waals surface area contributed by atoms with Crippen LogP contribution in [0.25, 0.3) is 0 Å². The second-order valence-corrected chi connectivity index (χ2v) is 5.95. The maximum Gasteiger partial charge on any atom is 0.0349 e. The molecule has 1 heteroatoms. The van der Waals surface area contributed by atoms with Gasteiger partial charge >= 0.3 is 0 Å². The molecule has 0 amide bonds. The molecule has 0 fully saturated rings. The van der Waals surface area contributed by atoms with Crippen molar-refractivity contribution in [3.05, 3.63) is 71.3 Å². The lowest BCUT2D eigenvalue weighted by atomic mass is 9.88. The summed E-state index contributed by atoms with van der Waals surface area (Å²) >= 11 is 0. The Hall–Kier alpha value is -1.60. The van der Waals surface area contributed by atoms with Gasteiger partial charge < -0.3 is 5.32 Å². The topological polar surface area (TPSA) is 12.0 Å². The molecule has 0 aromatic heterocycles. The minimum Gasteiger partial charge on any atom is -0.310 e. The fourth-order valence-electron chi connectivity index (χ4n) is 2.91. The Bertz CT molecular complexity index is 533. The molecule has 0 radical (unpaired) electrons. The van der Waals surface area contributed by atoms with Crippen molar-refractivity contribution in [3.63, 3.8) is 0 Å². The van der Waals surface area contributed by atoms with Crippen molar-refractivity contribution in [3.8, 4) is 0 Å². The number of rotatable bonds is 7. The molecular formula is C20H27N. The van der Waals surface area contributed by atoms with Crippen molar-refractivity contribution in [2.75, 3.05) is 6.54 Å². The van der Waals surface area contributed by atoms with E-state index in [4.69, 9.17) is 0 Å². The van der Waals surface area contributed by atoms with Crippen LogP contribution in [-0.4, -0.2) is 6.54 Å². The van der Waals surface area contributed by atoms with Crippen molar-refractivity contribution >= 4 is 0 Å². The lowest BCUT2D eigenvalue weighted by molar-refractivity contribution is 0.384. The van der Waals surface area contributed by atoms with E-state index >= 15 is 0 Å². The average Bonchev–Trinajstić information content (AvgIpc) is 2.51. The van der Waals surface area contributed by atoms with E-state index in [9.17, 15) is 0 Å². The van der Waals surface area contributed by atoms with E-state index in [1.165, 1.54) is 23.1 Å². The van der Waals surface area contributed by atoms with Crippen LogP contribution in [0.3, 0.4) is 0 Å². The first-order chi connectivity index (χ1) is 10.2. The molecule has 1 nitrogen and oxygen atoms in total. The van der Waals surface area contributed by atoms with Gasteiger partial charge in [-0.1, -0.05) is 68.4 Å². The molecule has 2 unspecified atom stereocenters. The van der Waals surface area contributed by atoms with Crippen molar-refractivity contribution in [1.82, 2.24) is 5.32 Å². The molecule has 0 aliphatic carbocycles. The summed E-state index contributed by atoms with van der Waals surface area (Å²) in [6.45, 7) is 7.85. The maximum atomic E-state index is 3.73. The van der Waals surface area contributed by atoms with Crippen LogP contribution in [0, 0.1) is 12.8 Å². The van der Waals surface area contributed by atoms with E-state index in [0.29, 0.717) is 12.0 Å². The summed E-state index contributed by atoms with van der Waals surface area (Å²) in [5, 5.41) is 3.73. The van der Waals surface area contributed by atoms with E-state index in [0.717, 1.165) is 13.0 Å². The number of aryl methyl sites for hydroxylation is 1. The average molecular weight is 281 g/mol. The molecule has 2 aromatic carbocycles. The van der Waals surface area contributed by atoms with Crippen molar-refractivity contribution in [2.24, 2.45) is 5.92 Å². The Morgan fingerprint density at radius 2 is 1.62 bits per heavy atom. The first-order valence-electron chi connectivity index (χ1n) is 8.05. The van der Waals surface area contributed by atoms with E-state index in [1.54, 1.807) is 0 Å². The number of nitrogens with one attached hydrogen (secondary N) is 1. The number of hydrogen-bond donors (Lipinski definition) is 1. The van der Waals surface area contributed by atoms with Gasteiger partial charge in [0.25, 0.3) is 0 Å². The molecule has 0 bridgehead atoms. The normalized spacial score (nSPS) is 13.9. The third-order valence-electron chi connectivity index (χ3n) is 4.15. The van der Waals surface area contributed by atoms with E-state index in [1.807, 2.05) is 0 Å². The smallest absolute Gasteiger partial charge is 0.0349 e. The second-order valence-electron chi connectivity index (χ2n) is 5.95. The zero-order chi connectivity index (χ0) is 15.1. The fourth-order valence-corrected chi connectivity index (χ4v) is 2.91. The van der Waals surface area contributed by atoms with Crippen LogP contribution >= 0.6 is 0 Å². The predicted octanol–water partition coefficient (Wildman–Crippen LogP) is 4.91. The highest BCUT2D eigenvalue weighted by Gasteiger charge is 2.19. The van der Waals surface area contributed by atoms with E-state index in [2.05, 4.69) is 80.7 Å². The Kier molecular flexibility index (Phi) is 6.01. The molecule has 2 rings (SSSR count). The van der Waals surface area contributed by atoms with Crippen molar-refractivity contribution in [2.45, 2.75) is 39.7 Å².